The Balaban J connectivity index is 2.35. The van der Waals surface area contributed by atoms with E-state index in [4.69, 9.17) is 0 Å². The fourth-order valence-electron chi connectivity index (χ4n) is 1.13. The van der Waals surface area contributed by atoms with Crippen LogP contribution in [-0.4, -0.2) is 14.9 Å². The third-order valence-corrected chi connectivity index (χ3v) is 2.80. The molecule has 0 bridgehead atoms. The van der Waals surface area contributed by atoms with E-state index in [1.807, 2.05) is 6.92 Å². The highest BCUT2D eigenvalue weighted by Gasteiger charge is 2.08. The van der Waals surface area contributed by atoms with Gasteiger partial charge in [0.15, 0.2) is 0 Å². The van der Waals surface area contributed by atoms with Gasteiger partial charge in [0.05, 0.1) is 9.88 Å². The molecule has 0 aliphatic rings. The molecule has 0 radical (unpaired) electrons. The van der Waals surface area contributed by atoms with Gasteiger partial charge < -0.3 is 10.1 Å². The Morgan fingerprint density at radius 1 is 1.33 bits per heavy atom. The summed E-state index contributed by atoms with van der Waals surface area (Å²) in [5.74, 6) is -0.139. The van der Waals surface area contributed by atoms with Gasteiger partial charge in [-0.1, -0.05) is 0 Å². The molecule has 0 fully saturated rings. The van der Waals surface area contributed by atoms with Crippen molar-refractivity contribution in [2.75, 3.05) is 0 Å². The van der Waals surface area contributed by atoms with E-state index in [-0.39, 0.29) is 5.82 Å². The predicted octanol–water partition coefficient (Wildman–Crippen LogP) is 2.42. The first-order chi connectivity index (χ1) is 7.16. The maximum Gasteiger partial charge on any atom is 0.363 e. The van der Waals surface area contributed by atoms with E-state index in [0.717, 1.165) is 15.4 Å². The predicted molar refractivity (Wildman–Crippen MR) is 56.7 cm³/mol. The molecule has 0 atom stereocenters. The molecular formula is C9H7N3O2S. The molecule has 0 amide bonds. The third kappa shape index (κ3) is 1.99. The van der Waals surface area contributed by atoms with Gasteiger partial charge >= 0.3 is 5.82 Å². The average Bonchev–Trinajstić information content (AvgIpc) is 2.65. The van der Waals surface area contributed by atoms with Gasteiger partial charge in [0.25, 0.3) is 0 Å². The number of nitrogens with zero attached hydrogens (tertiary/aromatic N) is 3. The van der Waals surface area contributed by atoms with Crippen LogP contribution in [-0.2, 0) is 0 Å². The van der Waals surface area contributed by atoms with Gasteiger partial charge in [0.2, 0.25) is 0 Å². The van der Waals surface area contributed by atoms with Gasteiger partial charge in [-0.05, 0) is 22.9 Å². The fourth-order valence-corrected chi connectivity index (χ4v) is 1.90. The standard InChI is InChI=1S/C9H7N3O2S/c1-6-10-5-8(15-6)7-2-3-9(11-4-7)12(13)14/h2-5H,1H3. The zero-order chi connectivity index (χ0) is 10.8. The second-order valence-corrected chi connectivity index (χ2v) is 4.14. The van der Waals surface area contributed by atoms with Crippen LogP contribution < -0.4 is 0 Å². The molecule has 2 aromatic heterocycles. The number of aryl methyl sites for hydroxylation is 1. The first-order valence-corrected chi connectivity index (χ1v) is 5.02. The SMILES string of the molecule is Cc1ncc(-c2ccc([N+](=O)[O-])nc2)s1. The van der Waals surface area contributed by atoms with Gasteiger partial charge in [0, 0.05) is 17.8 Å². The molecule has 15 heavy (non-hydrogen) atoms. The van der Waals surface area contributed by atoms with Gasteiger partial charge in [-0.2, -0.15) is 0 Å². The molecule has 0 aliphatic heterocycles. The summed E-state index contributed by atoms with van der Waals surface area (Å²) in [5, 5.41) is 11.3. The van der Waals surface area contributed by atoms with Crippen molar-refractivity contribution < 1.29 is 4.92 Å². The molecule has 2 aromatic rings. The van der Waals surface area contributed by atoms with Crippen molar-refractivity contribution in [2.45, 2.75) is 6.92 Å². The second kappa shape index (κ2) is 3.74. The lowest BCUT2D eigenvalue weighted by molar-refractivity contribution is -0.389. The van der Waals surface area contributed by atoms with E-state index in [2.05, 4.69) is 9.97 Å². The topological polar surface area (TPSA) is 68.9 Å². The summed E-state index contributed by atoms with van der Waals surface area (Å²) in [6, 6.07) is 3.07. The molecule has 0 N–H and O–H groups in total. The van der Waals surface area contributed by atoms with Crippen LogP contribution in [0.1, 0.15) is 5.01 Å². The highest BCUT2D eigenvalue weighted by molar-refractivity contribution is 7.15. The summed E-state index contributed by atoms with van der Waals surface area (Å²) >= 11 is 1.53. The van der Waals surface area contributed by atoms with E-state index < -0.39 is 4.92 Å². The number of rotatable bonds is 2. The van der Waals surface area contributed by atoms with Gasteiger partial charge in [-0.3, -0.25) is 0 Å². The lowest BCUT2D eigenvalue weighted by atomic mass is 10.2. The maximum atomic E-state index is 10.4. The molecule has 0 aliphatic carbocycles. The van der Waals surface area contributed by atoms with Crippen molar-refractivity contribution in [1.82, 2.24) is 9.97 Å². The normalized spacial score (nSPS) is 10.2. The van der Waals surface area contributed by atoms with E-state index in [1.54, 1.807) is 12.3 Å². The largest absolute Gasteiger partial charge is 0.363 e. The minimum atomic E-state index is -0.512. The Morgan fingerprint density at radius 2 is 2.13 bits per heavy atom. The Hall–Kier alpha value is -1.82. The van der Waals surface area contributed by atoms with Crippen LogP contribution in [0.2, 0.25) is 0 Å². The minimum Gasteiger partial charge on any atom is -0.358 e. The second-order valence-electron chi connectivity index (χ2n) is 2.91. The van der Waals surface area contributed by atoms with Crippen LogP contribution >= 0.6 is 11.3 Å². The van der Waals surface area contributed by atoms with Crippen LogP contribution in [0.3, 0.4) is 0 Å². The van der Waals surface area contributed by atoms with Crippen molar-refractivity contribution in [3.8, 4) is 10.4 Å². The quantitative estimate of drug-likeness (QED) is 0.576. The first-order valence-electron chi connectivity index (χ1n) is 4.20. The van der Waals surface area contributed by atoms with E-state index in [9.17, 15) is 10.1 Å². The van der Waals surface area contributed by atoms with Crippen molar-refractivity contribution >= 4 is 17.2 Å². The van der Waals surface area contributed by atoms with Crippen LogP contribution in [0.15, 0.2) is 24.5 Å². The van der Waals surface area contributed by atoms with Crippen LogP contribution in [0, 0.1) is 17.0 Å². The average molecular weight is 221 g/mol. The molecule has 0 unspecified atom stereocenters. The lowest BCUT2D eigenvalue weighted by Gasteiger charge is -1.93. The number of hydrogen-bond donors (Lipinski definition) is 0. The molecule has 76 valence electrons. The highest BCUT2D eigenvalue weighted by atomic mass is 32.1. The minimum absolute atomic E-state index is 0.139. The number of nitro groups is 1. The van der Waals surface area contributed by atoms with E-state index in [0.29, 0.717) is 0 Å². The molecular weight excluding hydrogens is 214 g/mol. The number of pyridine rings is 1. The molecule has 0 aromatic carbocycles. The molecule has 0 saturated heterocycles. The fraction of sp³-hybridized carbons (Fsp3) is 0.111. The van der Waals surface area contributed by atoms with Gasteiger partial charge in [0.1, 0.15) is 6.20 Å². The molecule has 0 saturated carbocycles. The van der Waals surface area contributed by atoms with Crippen LogP contribution in [0.25, 0.3) is 10.4 Å². The summed E-state index contributed by atoms with van der Waals surface area (Å²) < 4.78 is 0. The number of thiazole rings is 1. The Labute approximate surface area is 89.6 Å². The molecule has 2 rings (SSSR count). The smallest absolute Gasteiger partial charge is 0.358 e. The first kappa shape index (κ1) is 9.72. The molecule has 5 nitrogen and oxygen atoms in total. The van der Waals surface area contributed by atoms with Crippen LogP contribution in [0.4, 0.5) is 5.82 Å². The van der Waals surface area contributed by atoms with E-state index >= 15 is 0 Å². The monoisotopic (exact) mass is 221 g/mol. The zero-order valence-corrected chi connectivity index (χ0v) is 8.69. The maximum absolute atomic E-state index is 10.4. The summed E-state index contributed by atoms with van der Waals surface area (Å²) in [5.41, 5.74) is 0.853. The van der Waals surface area contributed by atoms with Crippen molar-refractivity contribution in [3.63, 3.8) is 0 Å². The third-order valence-electron chi connectivity index (χ3n) is 1.84. The molecule has 0 spiro atoms. The molecule has 6 heteroatoms. The number of hydrogen-bond acceptors (Lipinski definition) is 5. The summed E-state index contributed by atoms with van der Waals surface area (Å²) in [4.78, 5) is 18.7. The summed E-state index contributed by atoms with van der Waals surface area (Å²) in [6.45, 7) is 1.91. The number of aromatic nitrogens is 2. The highest BCUT2D eigenvalue weighted by Crippen LogP contribution is 2.25. The van der Waals surface area contributed by atoms with Crippen LogP contribution in [0.5, 0.6) is 0 Å². The zero-order valence-electron chi connectivity index (χ0n) is 7.88. The summed E-state index contributed by atoms with van der Waals surface area (Å²) in [7, 11) is 0. The Morgan fingerprint density at radius 3 is 2.60 bits per heavy atom. The van der Waals surface area contributed by atoms with Crippen molar-refractivity contribution in [3.05, 3.63) is 39.6 Å². The summed E-state index contributed by atoms with van der Waals surface area (Å²) in [6.07, 6.45) is 3.23. The lowest BCUT2D eigenvalue weighted by Crippen LogP contribution is -1.90. The van der Waals surface area contributed by atoms with Gasteiger partial charge in [-0.15, -0.1) is 11.3 Å². The van der Waals surface area contributed by atoms with Crippen molar-refractivity contribution in [1.29, 1.82) is 0 Å². The van der Waals surface area contributed by atoms with Gasteiger partial charge in [-0.25, -0.2) is 4.98 Å². The molecule has 2 heterocycles. The van der Waals surface area contributed by atoms with Crippen molar-refractivity contribution in [2.24, 2.45) is 0 Å². The van der Waals surface area contributed by atoms with E-state index in [1.165, 1.54) is 23.6 Å². The Kier molecular flexibility index (Phi) is 2.42. The Bertz CT molecular complexity index is 492.